The fourth-order valence-corrected chi connectivity index (χ4v) is 7.82. The Bertz CT molecular complexity index is 649. The third-order valence-corrected chi connectivity index (χ3v) is 8.60. The monoisotopic (exact) mass is 380 g/mol. The van der Waals surface area contributed by atoms with Gasteiger partial charge >= 0.3 is 0 Å². The van der Waals surface area contributed by atoms with Gasteiger partial charge < -0.3 is 19.3 Å². The molecule has 1 N–H and O–H groups in total. The second-order valence-electron chi connectivity index (χ2n) is 11.4. The predicted octanol–water partition coefficient (Wildman–Crippen LogP) is 3.90. The Morgan fingerprint density at radius 2 is 1.73 bits per heavy atom. The maximum Gasteiger partial charge on any atom is 0.164 e. The topological polar surface area (TPSA) is 47.9 Å². The van der Waals surface area contributed by atoms with Crippen molar-refractivity contribution < 1.29 is 19.3 Å². The summed E-state index contributed by atoms with van der Waals surface area (Å²) in [6.07, 6.45) is 1.97. The van der Waals surface area contributed by atoms with E-state index in [4.69, 9.17) is 14.2 Å². The second kappa shape index (κ2) is 5.23. The summed E-state index contributed by atoms with van der Waals surface area (Å²) in [6.45, 7) is 18.2. The Kier molecular flexibility index (Phi) is 3.85. The molecule has 0 amide bonds. The van der Waals surface area contributed by atoms with Gasteiger partial charge in [0.1, 0.15) is 11.7 Å². The lowest BCUT2D eigenvalue weighted by Gasteiger charge is -2.62. The van der Waals surface area contributed by atoms with Crippen molar-refractivity contribution >= 4 is 8.07 Å². The highest BCUT2D eigenvalue weighted by molar-refractivity contribution is 6.81. The largest absolute Gasteiger partial charge is 0.382 e. The third-order valence-electron chi connectivity index (χ3n) is 7.42. The van der Waals surface area contributed by atoms with Crippen LogP contribution in [0.4, 0.5) is 0 Å². The molecular formula is C21H36O4Si. The second-order valence-corrected chi connectivity index (χ2v) is 16.5. The summed E-state index contributed by atoms with van der Waals surface area (Å²) in [6, 6.07) is 0. The van der Waals surface area contributed by atoms with Crippen LogP contribution in [0.1, 0.15) is 47.5 Å². The van der Waals surface area contributed by atoms with Gasteiger partial charge in [0.05, 0.1) is 26.9 Å². The van der Waals surface area contributed by atoms with Crippen LogP contribution in [0.3, 0.4) is 0 Å². The summed E-state index contributed by atoms with van der Waals surface area (Å²) in [5.74, 6) is -0.421. The Morgan fingerprint density at radius 3 is 2.35 bits per heavy atom. The van der Waals surface area contributed by atoms with E-state index in [1.165, 1.54) is 0 Å². The minimum Gasteiger partial charge on any atom is -0.382 e. The number of fused-ring (bicyclic) bond motifs is 2. The van der Waals surface area contributed by atoms with Crippen LogP contribution in [0.25, 0.3) is 0 Å². The molecule has 2 saturated carbocycles. The fraction of sp³-hybridized carbons (Fsp3) is 0.905. The lowest BCUT2D eigenvalue weighted by molar-refractivity contribution is -0.199. The molecular weight excluding hydrogens is 344 g/mol. The lowest BCUT2D eigenvalue weighted by Crippen LogP contribution is -2.69. The zero-order chi connectivity index (χ0) is 19.3. The first-order chi connectivity index (χ1) is 11.7. The van der Waals surface area contributed by atoms with Gasteiger partial charge in [0.25, 0.3) is 0 Å². The molecule has 2 aliphatic heterocycles. The van der Waals surface area contributed by atoms with Crippen molar-refractivity contribution in [1.82, 2.24) is 0 Å². The summed E-state index contributed by atoms with van der Waals surface area (Å²) in [5, 5.41) is 12.1. The Hall–Kier alpha value is -0.203. The van der Waals surface area contributed by atoms with E-state index in [0.717, 1.165) is 18.4 Å². The van der Waals surface area contributed by atoms with Crippen molar-refractivity contribution in [3.63, 3.8) is 0 Å². The molecule has 0 bridgehead atoms. The van der Waals surface area contributed by atoms with Crippen LogP contribution in [0.2, 0.25) is 19.6 Å². The summed E-state index contributed by atoms with van der Waals surface area (Å²) in [5.41, 5.74) is 2.15. The van der Waals surface area contributed by atoms with E-state index in [-0.39, 0.29) is 35.1 Å². The molecule has 0 aromatic rings. The minimum absolute atomic E-state index is 0.0302. The molecule has 0 aromatic heterocycles. The zero-order valence-electron chi connectivity index (χ0n) is 17.7. The lowest BCUT2D eigenvalue weighted by atomic mass is 9.44. The van der Waals surface area contributed by atoms with Crippen LogP contribution < -0.4 is 0 Å². The van der Waals surface area contributed by atoms with Crippen LogP contribution in [0.15, 0.2) is 11.3 Å². The van der Waals surface area contributed by atoms with Gasteiger partial charge in [0, 0.05) is 11.3 Å². The Balaban J connectivity index is 1.95. The molecule has 2 heterocycles. The maximum atomic E-state index is 12.1. The molecule has 26 heavy (non-hydrogen) atoms. The summed E-state index contributed by atoms with van der Waals surface area (Å²) in [4.78, 5) is 0. The highest BCUT2D eigenvalue weighted by atomic mass is 28.3. The molecule has 2 saturated heterocycles. The van der Waals surface area contributed by atoms with E-state index >= 15 is 0 Å². The molecule has 0 aromatic carbocycles. The van der Waals surface area contributed by atoms with Crippen LogP contribution >= 0.6 is 0 Å². The molecule has 4 fully saturated rings. The van der Waals surface area contributed by atoms with Gasteiger partial charge in [0.15, 0.2) is 5.79 Å². The van der Waals surface area contributed by atoms with Crippen molar-refractivity contribution in [3.05, 3.63) is 11.3 Å². The first-order valence-electron chi connectivity index (χ1n) is 10.1. The zero-order valence-corrected chi connectivity index (χ0v) is 18.7. The van der Waals surface area contributed by atoms with Gasteiger partial charge in [-0.25, -0.2) is 0 Å². The van der Waals surface area contributed by atoms with E-state index in [9.17, 15) is 5.11 Å². The third kappa shape index (κ3) is 2.40. The van der Waals surface area contributed by atoms with Crippen molar-refractivity contribution in [3.8, 4) is 0 Å². The van der Waals surface area contributed by atoms with Crippen LogP contribution in [-0.2, 0) is 14.2 Å². The minimum atomic E-state index is -1.58. The number of aliphatic hydroxyl groups is 1. The van der Waals surface area contributed by atoms with Crippen molar-refractivity contribution in [2.75, 3.05) is 6.61 Å². The highest BCUT2D eigenvalue weighted by Crippen LogP contribution is 2.68. The first kappa shape index (κ1) is 19.1. The highest BCUT2D eigenvalue weighted by Gasteiger charge is 2.75. The first-order valence-corrected chi connectivity index (χ1v) is 13.7. The van der Waals surface area contributed by atoms with Crippen molar-refractivity contribution in [2.45, 2.75) is 96.8 Å². The van der Waals surface area contributed by atoms with Gasteiger partial charge in [-0.1, -0.05) is 46.1 Å². The van der Waals surface area contributed by atoms with E-state index in [0.29, 0.717) is 6.61 Å². The molecule has 2 aliphatic carbocycles. The Morgan fingerprint density at radius 1 is 1.08 bits per heavy atom. The van der Waals surface area contributed by atoms with Crippen molar-refractivity contribution in [2.24, 2.45) is 16.7 Å². The number of hydrogen-bond acceptors (Lipinski definition) is 4. The number of hydrogen-bond donors (Lipinski definition) is 1. The van der Waals surface area contributed by atoms with Gasteiger partial charge in [-0.15, -0.1) is 0 Å². The molecule has 4 aliphatic rings. The number of rotatable bonds is 1. The van der Waals surface area contributed by atoms with Gasteiger partial charge in [-0.3, -0.25) is 0 Å². The molecule has 0 unspecified atom stereocenters. The standard InChI is InChI=1S/C21H36O4Si/c1-18(2)10-9-14-20(5)17(18)16-15(24-19(3,4)25-16)13(11-26(6,7)8)21(20,22)12-23-14/h11,14-17,22H,9-10,12H2,1-8H3/b13-11+/t14-,15-,16-,17-,20-,21-/m0/s1. The van der Waals surface area contributed by atoms with Gasteiger partial charge in [0.2, 0.25) is 0 Å². The molecule has 4 rings (SSSR count). The Labute approximate surface area is 159 Å². The van der Waals surface area contributed by atoms with E-state index in [2.05, 4.69) is 46.1 Å². The molecule has 0 spiro atoms. The quantitative estimate of drug-likeness (QED) is 0.701. The van der Waals surface area contributed by atoms with Gasteiger partial charge in [-0.05, 0) is 37.7 Å². The van der Waals surface area contributed by atoms with E-state index < -0.39 is 19.5 Å². The molecule has 0 radical (unpaired) electrons. The summed E-state index contributed by atoms with van der Waals surface area (Å²) < 4.78 is 19.2. The van der Waals surface area contributed by atoms with Crippen LogP contribution in [-0.4, -0.2) is 49.5 Å². The molecule has 148 valence electrons. The van der Waals surface area contributed by atoms with Gasteiger partial charge in [-0.2, -0.15) is 0 Å². The van der Waals surface area contributed by atoms with Crippen LogP contribution in [0.5, 0.6) is 0 Å². The van der Waals surface area contributed by atoms with Crippen LogP contribution in [0, 0.1) is 16.7 Å². The molecule has 4 nitrogen and oxygen atoms in total. The van der Waals surface area contributed by atoms with E-state index in [1.54, 1.807) is 0 Å². The van der Waals surface area contributed by atoms with Crippen molar-refractivity contribution in [1.29, 1.82) is 0 Å². The summed E-state index contributed by atoms with van der Waals surface area (Å²) >= 11 is 0. The van der Waals surface area contributed by atoms with E-state index in [1.807, 2.05) is 13.8 Å². The average molecular weight is 381 g/mol. The average Bonchev–Trinajstić information content (AvgIpc) is 2.89. The maximum absolute atomic E-state index is 12.1. The fourth-order valence-electron chi connectivity index (χ4n) is 6.48. The predicted molar refractivity (Wildman–Crippen MR) is 105 cm³/mol. The smallest absolute Gasteiger partial charge is 0.164 e. The molecule has 6 atom stereocenters. The SMILES string of the molecule is CC1(C)O[C@H]2[C@@H](O1)/C(=C\[Si](C)(C)C)[C@@]1(O)CO[C@H]3CCC(C)(C)[C@H]2[C@]31C. The normalized spacial score (nSPS) is 50.6. The summed E-state index contributed by atoms with van der Waals surface area (Å²) in [7, 11) is -1.58. The number of ether oxygens (including phenoxy) is 3. The molecule has 5 heteroatoms.